The van der Waals surface area contributed by atoms with Crippen molar-refractivity contribution in [1.29, 1.82) is 0 Å². The highest BCUT2D eigenvalue weighted by molar-refractivity contribution is 5.57. The number of rotatable bonds is 7. The first-order valence-electron chi connectivity index (χ1n) is 6.73. The molecule has 0 fully saturated rings. The molecule has 1 aromatic carbocycles. The molecule has 1 N–H and O–H groups in total. The first-order valence-corrected chi connectivity index (χ1v) is 6.73. The van der Waals surface area contributed by atoms with Crippen LogP contribution in [0.3, 0.4) is 0 Å². The number of hydrogen-bond acceptors (Lipinski definition) is 3. The van der Waals surface area contributed by atoms with E-state index in [1.165, 1.54) is 12.1 Å². The molecule has 4 heteroatoms. The summed E-state index contributed by atoms with van der Waals surface area (Å²) in [5.74, 6) is 1.85. The summed E-state index contributed by atoms with van der Waals surface area (Å²) < 4.78 is 23.7. The molecular formula is C16H20FNO2. The minimum Gasteiger partial charge on any atom is -0.460 e. The van der Waals surface area contributed by atoms with Gasteiger partial charge in [0.05, 0.1) is 6.54 Å². The van der Waals surface area contributed by atoms with Gasteiger partial charge in [0.2, 0.25) is 0 Å². The zero-order valence-electron chi connectivity index (χ0n) is 11.9. The van der Waals surface area contributed by atoms with E-state index in [2.05, 4.69) is 12.2 Å². The molecule has 108 valence electrons. The Kier molecular flexibility index (Phi) is 5.32. The van der Waals surface area contributed by atoms with Crippen LogP contribution in [0, 0.1) is 11.7 Å². The monoisotopic (exact) mass is 277 g/mol. The van der Waals surface area contributed by atoms with Gasteiger partial charge in [0.15, 0.2) is 0 Å². The van der Waals surface area contributed by atoms with Gasteiger partial charge in [-0.3, -0.25) is 0 Å². The molecule has 1 atom stereocenters. The van der Waals surface area contributed by atoms with Gasteiger partial charge in [0, 0.05) is 25.8 Å². The fraction of sp³-hybridized carbons (Fsp3) is 0.375. The van der Waals surface area contributed by atoms with E-state index in [1.54, 1.807) is 19.2 Å². The maximum absolute atomic E-state index is 12.9. The summed E-state index contributed by atoms with van der Waals surface area (Å²) in [6, 6.07) is 10.1. The second kappa shape index (κ2) is 7.22. The van der Waals surface area contributed by atoms with Crippen molar-refractivity contribution in [2.24, 2.45) is 5.92 Å². The zero-order valence-corrected chi connectivity index (χ0v) is 11.9. The summed E-state index contributed by atoms with van der Waals surface area (Å²) in [5, 5.41) is 3.33. The highest BCUT2D eigenvalue weighted by Gasteiger charge is 2.06. The molecule has 3 nitrogen and oxygen atoms in total. The summed E-state index contributed by atoms with van der Waals surface area (Å²) in [6.07, 6.45) is 0. The van der Waals surface area contributed by atoms with Gasteiger partial charge >= 0.3 is 0 Å². The Morgan fingerprint density at radius 2 is 1.95 bits per heavy atom. The van der Waals surface area contributed by atoms with Gasteiger partial charge in [-0.2, -0.15) is 0 Å². The average molecular weight is 277 g/mol. The Hall–Kier alpha value is -1.65. The number of ether oxygens (including phenoxy) is 1. The van der Waals surface area contributed by atoms with Crippen molar-refractivity contribution in [3.63, 3.8) is 0 Å². The van der Waals surface area contributed by atoms with E-state index < -0.39 is 0 Å². The van der Waals surface area contributed by atoms with Crippen molar-refractivity contribution in [3.8, 4) is 11.3 Å². The second-order valence-electron chi connectivity index (χ2n) is 4.96. The van der Waals surface area contributed by atoms with E-state index in [1.807, 2.05) is 12.1 Å². The largest absolute Gasteiger partial charge is 0.460 e. The molecule has 1 heterocycles. The van der Waals surface area contributed by atoms with Gasteiger partial charge in [-0.1, -0.05) is 6.92 Å². The highest BCUT2D eigenvalue weighted by Crippen LogP contribution is 2.22. The lowest BCUT2D eigenvalue weighted by Crippen LogP contribution is -2.23. The molecule has 20 heavy (non-hydrogen) atoms. The van der Waals surface area contributed by atoms with Crippen LogP contribution in [0.15, 0.2) is 40.8 Å². The molecule has 0 spiro atoms. The second-order valence-corrected chi connectivity index (χ2v) is 4.96. The number of methoxy groups -OCH3 is 1. The number of hydrogen-bond donors (Lipinski definition) is 1. The maximum Gasteiger partial charge on any atom is 0.134 e. The molecule has 0 aliphatic carbocycles. The molecule has 0 radical (unpaired) electrons. The van der Waals surface area contributed by atoms with Gasteiger partial charge in [0.25, 0.3) is 0 Å². The standard InChI is InChI=1S/C16H20FNO2/c1-12(11-19-2)9-18-10-15-7-8-16(20-15)13-3-5-14(17)6-4-13/h3-8,12,18H,9-11H2,1-2H3. The smallest absolute Gasteiger partial charge is 0.134 e. The van der Waals surface area contributed by atoms with Crippen LogP contribution in [0.5, 0.6) is 0 Å². The van der Waals surface area contributed by atoms with Crippen LogP contribution in [-0.2, 0) is 11.3 Å². The Morgan fingerprint density at radius 1 is 1.20 bits per heavy atom. The predicted octanol–water partition coefficient (Wildman–Crippen LogP) is 3.46. The van der Waals surface area contributed by atoms with Crippen molar-refractivity contribution in [3.05, 3.63) is 48.0 Å². The molecule has 0 saturated heterocycles. The van der Waals surface area contributed by atoms with Crippen LogP contribution in [0.25, 0.3) is 11.3 Å². The molecule has 0 aliphatic heterocycles. The third kappa shape index (κ3) is 4.18. The Bertz CT molecular complexity index is 522. The lowest BCUT2D eigenvalue weighted by Gasteiger charge is -2.10. The summed E-state index contributed by atoms with van der Waals surface area (Å²) in [4.78, 5) is 0. The Labute approximate surface area is 118 Å². The van der Waals surface area contributed by atoms with Crippen LogP contribution < -0.4 is 5.32 Å². The minimum absolute atomic E-state index is 0.241. The fourth-order valence-electron chi connectivity index (χ4n) is 2.03. The lowest BCUT2D eigenvalue weighted by molar-refractivity contribution is 0.158. The van der Waals surface area contributed by atoms with E-state index in [9.17, 15) is 4.39 Å². The zero-order chi connectivity index (χ0) is 14.4. The lowest BCUT2D eigenvalue weighted by atomic mass is 10.2. The van der Waals surface area contributed by atoms with Crippen LogP contribution in [0.2, 0.25) is 0 Å². The highest BCUT2D eigenvalue weighted by atomic mass is 19.1. The van der Waals surface area contributed by atoms with Gasteiger partial charge < -0.3 is 14.5 Å². The van der Waals surface area contributed by atoms with E-state index in [0.717, 1.165) is 30.2 Å². The number of furan rings is 1. The van der Waals surface area contributed by atoms with Crippen molar-refractivity contribution < 1.29 is 13.5 Å². The molecule has 1 aromatic heterocycles. The molecule has 1 unspecified atom stereocenters. The van der Waals surface area contributed by atoms with Crippen molar-refractivity contribution in [2.75, 3.05) is 20.3 Å². The minimum atomic E-state index is -0.241. The Morgan fingerprint density at radius 3 is 2.65 bits per heavy atom. The van der Waals surface area contributed by atoms with Gasteiger partial charge in [-0.15, -0.1) is 0 Å². The summed E-state index contributed by atoms with van der Waals surface area (Å²) in [6.45, 7) is 4.42. The molecular weight excluding hydrogens is 257 g/mol. The number of nitrogens with one attached hydrogen (secondary N) is 1. The first-order chi connectivity index (χ1) is 9.69. The third-order valence-electron chi connectivity index (χ3n) is 3.03. The van der Waals surface area contributed by atoms with E-state index in [0.29, 0.717) is 12.5 Å². The van der Waals surface area contributed by atoms with E-state index in [-0.39, 0.29) is 5.82 Å². The molecule has 0 bridgehead atoms. The first kappa shape index (κ1) is 14.8. The van der Waals surface area contributed by atoms with Crippen LogP contribution in [0.1, 0.15) is 12.7 Å². The van der Waals surface area contributed by atoms with Gasteiger partial charge in [-0.05, 0) is 42.3 Å². The third-order valence-corrected chi connectivity index (χ3v) is 3.03. The van der Waals surface area contributed by atoms with Crippen molar-refractivity contribution in [2.45, 2.75) is 13.5 Å². The molecule has 2 rings (SSSR count). The van der Waals surface area contributed by atoms with Gasteiger partial charge in [0.1, 0.15) is 17.3 Å². The maximum atomic E-state index is 12.9. The average Bonchev–Trinajstić information content (AvgIpc) is 2.89. The predicted molar refractivity (Wildman–Crippen MR) is 76.8 cm³/mol. The topological polar surface area (TPSA) is 34.4 Å². The number of halogens is 1. The molecule has 0 aliphatic rings. The molecule has 0 amide bonds. The van der Waals surface area contributed by atoms with Crippen LogP contribution >= 0.6 is 0 Å². The SMILES string of the molecule is COCC(C)CNCc1ccc(-c2ccc(F)cc2)o1. The quantitative estimate of drug-likeness (QED) is 0.841. The van der Waals surface area contributed by atoms with Crippen LogP contribution in [-0.4, -0.2) is 20.3 Å². The fourth-order valence-corrected chi connectivity index (χ4v) is 2.03. The molecule has 0 saturated carbocycles. The molecule has 2 aromatic rings. The van der Waals surface area contributed by atoms with Crippen LogP contribution in [0.4, 0.5) is 4.39 Å². The summed E-state index contributed by atoms with van der Waals surface area (Å²) in [5.41, 5.74) is 0.880. The van der Waals surface area contributed by atoms with Gasteiger partial charge in [-0.25, -0.2) is 4.39 Å². The Balaban J connectivity index is 1.87. The van der Waals surface area contributed by atoms with Crippen molar-refractivity contribution in [1.82, 2.24) is 5.32 Å². The van der Waals surface area contributed by atoms with E-state index >= 15 is 0 Å². The number of benzene rings is 1. The van der Waals surface area contributed by atoms with E-state index in [4.69, 9.17) is 9.15 Å². The normalized spacial score (nSPS) is 12.6. The summed E-state index contributed by atoms with van der Waals surface area (Å²) in [7, 11) is 1.71. The van der Waals surface area contributed by atoms with Crippen molar-refractivity contribution >= 4 is 0 Å². The summed E-state index contributed by atoms with van der Waals surface area (Å²) >= 11 is 0.